The van der Waals surface area contributed by atoms with Crippen LogP contribution in [-0.2, 0) is 12.8 Å². The number of hydrogen-bond acceptors (Lipinski definition) is 5. The van der Waals surface area contributed by atoms with Gasteiger partial charge in [0.05, 0.1) is 0 Å². The van der Waals surface area contributed by atoms with Gasteiger partial charge in [0.1, 0.15) is 0 Å². The molecule has 0 N–H and O–H groups in total. The SMILES string of the molecule is Cc1ccc(N=Cc2cc([N+](=O)[O-])cc[c]2[Ru]([Cl])([Cl])[c]2ccccc2[N+](=O)[O-])cc1. The number of nitrogens with zero attached hydrogens (tertiary/aromatic N) is 3. The molecule has 0 radical (unpaired) electrons. The van der Waals surface area contributed by atoms with Crippen molar-refractivity contribution in [1.82, 2.24) is 0 Å². The fourth-order valence-electron chi connectivity index (χ4n) is 2.60. The second-order valence-corrected chi connectivity index (χ2v) is 15.6. The van der Waals surface area contributed by atoms with Gasteiger partial charge in [-0.05, 0) is 0 Å². The Morgan fingerprint density at radius 2 is 1.57 bits per heavy atom. The minimum atomic E-state index is -4.02. The zero-order chi connectivity index (χ0) is 21.9. The topological polar surface area (TPSA) is 98.6 Å². The number of hydrogen-bond donors (Lipinski definition) is 0. The zero-order valence-electron chi connectivity index (χ0n) is 15.5. The summed E-state index contributed by atoms with van der Waals surface area (Å²) in [6.45, 7) is 1.95. The van der Waals surface area contributed by atoms with Crippen molar-refractivity contribution in [2.75, 3.05) is 0 Å². The molecule has 0 amide bonds. The third kappa shape index (κ3) is 4.73. The van der Waals surface area contributed by atoms with Crippen molar-refractivity contribution in [1.29, 1.82) is 0 Å². The van der Waals surface area contributed by atoms with Gasteiger partial charge in [-0.3, -0.25) is 0 Å². The molecule has 0 unspecified atom stereocenters. The normalized spacial score (nSPS) is 12.1. The summed E-state index contributed by atoms with van der Waals surface area (Å²) >= 11 is -4.02. The van der Waals surface area contributed by atoms with E-state index in [0.29, 0.717) is 15.4 Å². The fourth-order valence-corrected chi connectivity index (χ4v) is 8.65. The first-order valence-electron chi connectivity index (χ1n) is 8.46. The fraction of sp³-hybridized carbons (Fsp3) is 0.0500. The number of nitro benzene ring substituents is 2. The molecule has 0 heterocycles. The monoisotopic (exact) mass is 533 g/mol. The molecule has 3 rings (SSSR count). The Labute approximate surface area is 183 Å². The van der Waals surface area contributed by atoms with Crippen LogP contribution in [0.3, 0.4) is 0 Å². The summed E-state index contributed by atoms with van der Waals surface area (Å²) in [4.78, 5) is 26.0. The molecular formula is C20H15Cl2N3O4Ru. The van der Waals surface area contributed by atoms with E-state index < -0.39 is 22.6 Å². The molecule has 0 aromatic heterocycles. The minimum absolute atomic E-state index is 0.157. The van der Waals surface area contributed by atoms with Gasteiger partial charge in [-0.25, -0.2) is 0 Å². The second kappa shape index (κ2) is 9.00. The van der Waals surface area contributed by atoms with Gasteiger partial charge in [0.2, 0.25) is 0 Å². The Kier molecular flexibility index (Phi) is 6.61. The first kappa shape index (κ1) is 22.0. The molecule has 10 heteroatoms. The van der Waals surface area contributed by atoms with Crippen LogP contribution in [0.2, 0.25) is 0 Å². The van der Waals surface area contributed by atoms with Crippen LogP contribution in [0.1, 0.15) is 11.1 Å². The molecule has 0 fully saturated rings. The number of nitro groups is 2. The van der Waals surface area contributed by atoms with E-state index in [9.17, 15) is 20.2 Å². The number of halogens is 2. The number of aliphatic imine (C=N–C) groups is 1. The molecular weight excluding hydrogens is 518 g/mol. The first-order valence-corrected chi connectivity index (χ1v) is 14.7. The maximum atomic E-state index is 11.5. The van der Waals surface area contributed by atoms with Crippen LogP contribution in [0.15, 0.2) is 71.7 Å². The van der Waals surface area contributed by atoms with Gasteiger partial charge in [0.15, 0.2) is 0 Å². The molecule has 3 aromatic rings. The summed E-state index contributed by atoms with van der Waals surface area (Å²) in [6, 6.07) is 17.5. The van der Waals surface area contributed by atoms with E-state index in [1.807, 2.05) is 19.1 Å². The molecule has 0 atom stereocenters. The summed E-state index contributed by atoms with van der Waals surface area (Å²) in [5.74, 6) is 0. The van der Waals surface area contributed by atoms with Crippen molar-refractivity contribution >= 4 is 51.0 Å². The summed E-state index contributed by atoms with van der Waals surface area (Å²) in [5, 5.41) is 22.7. The molecule has 0 spiro atoms. The maximum absolute atomic E-state index is 11.5. The van der Waals surface area contributed by atoms with E-state index in [2.05, 4.69) is 4.99 Å². The predicted octanol–water partition coefficient (Wildman–Crippen LogP) is 4.97. The van der Waals surface area contributed by atoms with Crippen molar-refractivity contribution in [3.63, 3.8) is 0 Å². The molecule has 30 heavy (non-hydrogen) atoms. The molecule has 0 aliphatic rings. The molecule has 0 aliphatic carbocycles. The average Bonchev–Trinajstić information content (AvgIpc) is 2.73. The number of benzene rings is 3. The van der Waals surface area contributed by atoms with Crippen LogP contribution >= 0.6 is 19.4 Å². The summed E-state index contributed by atoms with van der Waals surface area (Å²) in [5.41, 5.74) is 1.71. The van der Waals surface area contributed by atoms with Crippen LogP contribution in [-0.4, -0.2) is 16.1 Å². The van der Waals surface area contributed by atoms with Gasteiger partial charge in [0, 0.05) is 0 Å². The van der Waals surface area contributed by atoms with Crippen LogP contribution in [0.4, 0.5) is 17.1 Å². The third-order valence-electron chi connectivity index (χ3n) is 4.08. The Bertz CT molecular complexity index is 1150. The average molecular weight is 533 g/mol. The molecule has 0 bridgehead atoms. The second-order valence-electron chi connectivity index (χ2n) is 6.15. The van der Waals surface area contributed by atoms with E-state index in [4.69, 9.17) is 19.4 Å². The quantitative estimate of drug-likeness (QED) is 0.193. The molecule has 156 valence electrons. The van der Waals surface area contributed by atoms with Crippen LogP contribution in [0, 0.1) is 27.2 Å². The Morgan fingerprint density at radius 1 is 0.900 bits per heavy atom. The van der Waals surface area contributed by atoms with Gasteiger partial charge in [0.25, 0.3) is 0 Å². The number of rotatable bonds is 6. The molecule has 0 saturated carbocycles. The molecule has 0 aliphatic heterocycles. The number of para-hydroxylation sites is 1. The van der Waals surface area contributed by atoms with Crippen molar-refractivity contribution < 1.29 is 22.6 Å². The first-order chi connectivity index (χ1) is 14.2. The van der Waals surface area contributed by atoms with Crippen LogP contribution in [0.5, 0.6) is 0 Å². The third-order valence-corrected chi connectivity index (χ3v) is 11.4. The van der Waals surface area contributed by atoms with E-state index in [1.165, 1.54) is 42.6 Å². The van der Waals surface area contributed by atoms with E-state index in [0.717, 1.165) is 5.56 Å². The standard InChI is InChI=1S/C14H11N2O2.C6H4NO2.2ClH.Ru/c1-11-5-7-13(8-6-11)15-10-12-3-2-4-14(9-12)16(17)18;8-7(9)6-4-2-1-3-5-6;;;/h2,4-10H,1H3;1-4H;2*1H;/q;;;;+2/p-2. The van der Waals surface area contributed by atoms with Gasteiger partial charge in [-0.2, -0.15) is 0 Å². The summed E-state index contributed by atoms with van der Waals surface area (Å²) in [7, 11) is 13.6. The van der Waals surface area contributed by atoms with Crippen molar-refractivity contribution in [2.45, 2.75) is 6.92 Å². The summed E-state index contributed by atoms with van der Waals surface area (Å²) < 4.78 is 0.631. The van der Waals surface area contributed by atoms with Gasteiger partial charge in [-0.1, -0.05) is 0 Å². The number of aryl methyl sites for hydroxylation is 1. The predicted molar refractivity (Wildman–Crippen MR) is 116 cm³/mol. The molecule has 3 aromatic carbocycles. The van der Waals surface area contributed by atoms with E-state index in [-0.39, 0.29) is 15.5 Å². The van der Waals surface area contributed by atoms with Crippen molar-refractivity contribution in [3.8, 4) is 0 Å². The Hall–Kier alpha value is -2.67. The Morgan fingerprint density at radius 3 is 2.20 bits per heavy atom. The van der Waals surface area contributed by atoms with Gasteiger partial charge in [-0.15, -0.1) is 0 Å². The molecule has 7 nitrogen and oxygen atoms in total. The molecule has 0 saturated heterocycles. The zero-order valence-corrected chi connectivity index (χ0v) is 18.8. The van der Waals surface area contributed by atoms with E-state index >= 15 is 0 Å². The van der Waals surface area contributed by atoms with Gasteiger partial charge >= 0.3 is 184 Å². The Balaban J connectivity index is 2.15. The van der Waals surface area contributed by atoms with Crippen molar-refractivity contribution in [2.24, 2.45) is 4.99 Å². The van der Waals surface area contributed by atoms with Crippen LogP contribution in [0.25, 0.3) is 0 Å². The number of non-ortho nitro benzene ring substituents is 1. The van der Waals surface area contributed by atoms with Crippen LogP contribution < -0.4 is 8.32 Å². The summed E-state index contributed by atoms with van der Waals surface area (Å²) in [6.07, 6.45) is 1.45. The van der Waals surface area contributed by atoms with Gasteiger partial charge < -0.3 is 0 Å². The van der Waals surface area contributed by atoms with Crippen molar-refractivity contribution in [3.05, 3.63) is 98.1 Å². The van der Waals surface area contributed by atoms with E-state index in [1.54, 1.807) is 18.2 Å².